The third-order valence-corrected chi connectivity index (χ3v) is 1.59. The molecule has 0 saturated heterocycles. The SMILES string of the molecule is Cc1cc(-c2ccn[nH]2)cnn1. The Labute approximate surface area is 69.7 Å². The number of H-pyrrole nitrogens is 1. The van der Waals surface area contributed by atoms with E-state index in [2.05, 4.69) is 20.4 Å². The minimum Gasteiger partial charge on any atom is -0.278 e. The summed E-state index contributed by atoms with van der Waals surface area (Å²) in [6.07, 6.45) is 3.42. The van der Waals surface area contributed by atoms with Crippen LogP contribution in [0.25, 0.3) is 11.3 Å². The lowest BCUT2D eigenvalue weighted by atomic mass is 10.2. The molecule has 0 atom stereocenters. The number of aromatic nitrogens is 4. The number of rotatable bonds is 1. The maximum atomic E-state index is 3.87. The zero-order chi connectivity index (χ0) is 8.39. The first-order valence-corrected chi connectivity index (χ1v) is 3.65. The van der Waals surface area contributed by atoms with E-state index in [1.54, 1.807) is 12.4 Å². The molecule has 0 aliphatic rings. The number of aryl methyl sites for hydroxylation is 1. The number of hydrogen-bond acceptors (Lipinski definition) is 3. The Morgan fingerprint density at radius 1 is 1.42 bits per heavy atom. The molecule has 0 unspecified atom stereocenters. The zero-order valence-corrected chi connectivity index (χ0v) is 6.65. The smallest absolute Gasteiger partial charge is 0.0666 e. The fourth-order valence-electron chi connectivity index (χ4n) is 1.04. The Morgan fingerprint density at radius 2 is 2.33 bits per heavy atom. The van der Waals surface area contributed by atoms with Crippen molar-refractivity contribution in [3.05, 3.63) is 30.2 Å². The Morgan fingerprint density at radius 3 is 3.00 bits per heavy atom. The molecule has 60 valence electrons. The molecule has 0 amide bonds. The van der Waals surface area contributed by atoms with E-state index in [1.807, 2.05) is 19.1 Å². The van der Waals surface area contributed by atoms with Crippen LogP contribution in [0.2, 0.25) is 0 Å². The Kier molecular flexibility index (Phi) is 1.59. The molecule has 2 rings (SSSR count). The fourth-order valence-corrected chi connectivity index (χ4v) is 1.04. The Bertz CT molecular complexity index is 366. The van der Waals surface area contributed by atoms with Gasteiger partial charge < -0.3 is 0 Å². The average molecular weight is 160 g/mol. The van der Waals surface area contributed by atoms with Gasteiger partial charge in [-0.05, 0) is 19.1 Å². The van der Waals surface area contributed by atoms with E-state index in [0.29, 0.717) is 0 Å². The van der Waals surface area contributed by atoms with Crippen LogP contribution in [0.5, 0.6) is 0 Å². The van der Waals surface area contributed by atoms with E-state index in [1.165, 1.54) is 0 Å². The van der Waals surface area contributed by atoms with Gasteiger partial charge in [-0.15, -0.1) is 0 Å². The quantitative estimate of drug-likeness (QED) is 0.681. The van der Waals surface area contributed by atoms with Crippen LogP contribution < -0.4 is 0 Å². The summed E-state index contributed by atoms with van der Waals surface area (Å²) >= 11 is 0. The van der Waals surface area contributed by atoms with Crippen LogP contribution >= 0.6 is 0 Å². The van der Waals surface area contributed by atoms with Crippen LogP contribution in [0.3, 0.4) is 0 Å². The summed E-state index contributed by atoms with van der Waals surface area (Å²) in [4.78, 5) is 0. The van der Waals surface area contributed by atoms with Crippen LogP contribution in [0.15, 0.2) is 24.5 Å². The van der Waals surface area contributed by atoms with Gasteiger partial charge >= 0.3 is 0 Å². The molecule has 0 saturated carbocycles. The first-order chi connectivity index (χ1) is 5.86. The Balaban J connectivity index is 2.48. The van der Waals surface area contributed by atoms with Crippen molar-refractivity contribution in [2.24, 2.45) is 0 Å². The summed E-state index contributed by atoms with van der Waals surface area (Å²) in [5.41, 5.74) is 2.88. The molecule has 4 nitrogen and oxygen atoms in total. The molecule has 1 N–H and O–H groups in total. The second-order valence-corrected chi connectivity index (χ2v) is 2.56. The van der Waals surface area contributed by atoms with Gasteiger partial charge in [0.05, 0.1) is 17.6 Å². The first kappa shape index (κ1) is 6.97. The highest BCUT2D eigenvalue weighted by Gasteiger charge is 1.98. The summed E-state index contributed by atoms with van der Waals surface area (Å²) in [6.45, 7) is 1.91. The molecule has 12 heavy (non-hydrogen) atoms. The lowest BCUT2D eigenvalue weighted by molar-refractivity contribution is 0.978. The fraction of sp³-hybridized carbons (Fsp3) is 0.125. The maximum absolute atomic E-state index is 3.87. The summed E-state index contributed by atoms with van der Waals surface area (Å²) in [6, 6.07) is 3.86. The van der Waals surface area contributed by atoms with Crippen molar-refractivity contribution >= 4 is 0 Å². The van der Waals surface area contributed by atoms with Gasteiger partial charge in [0.15, 0.2) is 0 Å². The average Bonchev–Trinajstić information content (AvgIpc) is 2.56. The minimum atomic E-state index is 0.905. The van der Waals surface area contributed by atoms with Gasteiger partial charge in [-0.3, -0.25) is 5.10 Å². The predicted octanol–water partition coefficient (Wildman–Crippen LogP) is 1.18. The number of nitrogens with zero attached hydrogens (tertiary/aromatic N) is 3. The molecule has 0 aromatic carbocycles. The standard InChI is InChI=1S/C8H8N4/c1-6-4-7(5-10-11-6)8-2-3-9-12-8/h2-5H,1H3,(H,9,12). The van der Waals surface area contributed by atoms with Crippen LogP contribution in [-0.4, -0.2) is 20.4 Å². The van der Waals surface area contributed by atoms with Gasteiger partial charge in [-0.1, -0.05) is 0 Å². The molecule has 0 bridgehead atoms. The topological polar surface area (TPSA) is 54.5 Å². The van der Waals surface area contributed by atoms with Crippen LogP contribution in [0, 0.1) is 6.92 Å². The van der Waals surface area contributed by atoms with Crippen LogP contribution in [0.1, 0.15) is 5.69 Å². The lowest BCUT2D eigenvalue weighted by Crippen LogP contribution is -1.87. The van der Waals surface area contributed by atoms with Gasteiger partial charge in [0.25, 0.3) is 0 Å². The highest BCUT2D eigenvalue weighted by Crippen LogP contribution is 2.13. The summed E-state index contributed by atoms with van der Waals surface area (Å²) < 4.78 is 0. The van der Waals surface area contributed by atoms with Gasteiger partial charge in [0.1, 0.15) is 0 Å². The largest absolute Gasteiger partial charge is 0.278 e. The molecular formula is C8H8N4. The van der Waals surface area contributed by atoms with Crippen molar-refractivity contribution in [2.45, 2.75) is 6.92 Å². The second-order valence-electron chi connectivity index (χ2n) is 2.56. The van der Waals surface area contributed by atoms with E-state index in [0.717, 1.165) is 17.0 Å². The summed E-state index contributed by atoms with van der Waals surface area (Å²) in [5, 5.41) is 14.4. The van der Waals surface area contributed by atoms with Crippen molar-refractivity contribution < 1.29 is 0 Å². The third kappa shape index (κ3) is 1.18. The number of hydrogen-bond donors (Lipinski definition) is 1. The normalized spacial score (nSPS) is 10.1. The summed E-state index contributed by atoms with van der Waals surface area (Å²) in [5.74, 6) is 0. The molecule has 0 aliphatic carbocycles. The highest BCUT2D eigenvalue weighted by molar-refractivity contribution is 5.56. The highest BCUT2D eigenvalue weighted by atomic mass is 15.1. The number of nitrogens with one attached hydrogen (secondary N) is 1. The van der Waals surface area contributed by atoms with Gasteiger partial charge in [0.2, 0.25) is 0 Å². The predicted molar refractivity (Wildman–Crippen MR) is 44.4 cm³/mol. The van der Waals surface area contributed by atoms with E-state index >= 15 is 0 Å². The van der Waals surface area contributed by atoms with E-state index in [-0.39, 0.29) is 0 Å². The van der Waals surface area contributed by atoms with Gasteiger partial charge in [0, 0.05) is 11.8 Å². The maximum Gasteiger partial charge on any atom is 0.0666 e. The second kappa shape index (κ2) is 2.73. The third-order valence-electron chi connectivity index (χ3n) is 1.59. The van der Waals surface area contributed by atoms with E-state index < -0.39 is 0 Å². The lowest BCUT2D eigenvalue weighted by Gasteiger charge is -1.95. The minimum absolute atomic E-state index is 0.905. The molecule has 2 aromatic heterocycles. The van der Waals surface area contributed by atoms with Crippen molar-refractivity contribution in [1.82, 2.24) is 20.4 Å². The Hall–Kier alpha value is -1.71. The van der Waals surface area contributed by atoms with Crippen LogP contribution in [0.4, 0.5) is 0 Å². The molecule has 2 heterocycles. The first-order valence-electron chi connectivity index (χ1n) is 3.65. The molecule has 0 radical (unpaired) electrons. The van der Waals surface area contributed by atoms with Gasteiger partial charge in [-0.2, -0.15) is 15.3 Å². The molecule has 2 aromatic rings. The van der Waals surface area contributed by atoms with Gasteiger partial charge in [-0.25, -0.2) is 0 Å². The molecular weight excluding hydrogens is 152 g/mol. The van der Waals surface area contributed by atoms with Crippen molar-refractivity contribution in [3.8, 4) is 11.3 Å². The summed E-state index contributed by atoms with van der Waals surface area (Å²) in [7, 11) is 0. The molecule has 0 aliphatic heterocycles. The van der Waals surface area contributed by atoms with E-state index in [9.17, 15) is 0 Å². The van der Waals surface area contributed by atoms with E-state index in [4.69, 9.17) is 0 Å². The monoisotopic (exact) mass is 160 g/mol. The molecule has 0 spiro atoms. The van der Waals surface area contributed by atoms with Crippen molar-refractivity contribution in [3.63, 3.8) is 0 Å². The molecule has 4 heteroatoms. The number of aromatic amines is 1. The van der Waals surface area contributed by atoms with Crippen molar-refractivity contribution in [2.75, 3.05) is 0 Å². The van der Waals surface area contributed by atoms with Crippen molar-refractivity contribution in [1.29, 1.82) is 0 Å². The molecule has 0 fully saturated rings. The zero-order valence-electron chi connectivity index (χ0n) is 6.65. The van der Waals surface area contributed by atoms with Crippen LogP contribution in [-0.2, 0) is 0 Å².